The van der Waals surface area contributed by atoms with Gasteiger partial charge >= 0.3 is 0 Å². The Morgan fingerprint density at radius 1 is 0.978 bits per heavy atom. The van der Waals surface area contributed by atoms with Crippen molar-refractivity contribution in [3.8, 4) is 17.6 Å². The highest BCUT2D eigenvalue weighted by Gasteiger charge is 2.48. The fourth-order valence-electron chi connectivity index (χ4n) is 6.36. The Labute approximate surface area is 267 Å². The molecule has 2 aromatic heterocycles. The van der Waals surface area contributed by atoms with Crippen LogP contribution in [-0.4, -0.2) is 59.7 Å². The van der Waals surface area contributed by atoms with Crippen LogP contribution in [0.25, 0.3) is 21.8 Å². The minimum atomic E-state index is -1.46. The molecule has 3 N–H and O–H groups in total. The number of benzene rings is 3. The molecule has 46 heavy (non-hydrogen) atoms. The van der Waals surface area contributed by atoms with E-state index in [1.165, 1.54) is 6.92 Å². The molecule has 2 amide bonds. The van der Waals surface area contributed by atoms with Crippen molar-refractivity contribution in [2.75, 3.05) is 32.2 Å². The third kappa shape index (κ3) is 5.80. The maximum absolute atomic E-state index is 15.6. The summed E-state index contributed by atoms with van der Waals surface area (Å²) in [4.78, 5) is 39.0. The van der Waals surface area contributed by atoms with Gasteiger partial charge in [0, 0.05) is 66.7 Å². The van der Waals surface area contributed by atoms with Gasteiger partial charge in [-0.2, -0.15) is 5.26 Å². The molecule has 10 nitrogen and oxygen atoms in total. The predicted octanol–water partition coefficient (Wildman–Crippen LogP) is 5.41. The number of H-pyrrole nitrogens is 2. The summed E-state index contributed by atoms with van der Waals surface area (Å²) in [6.45, 7) is 2.62. The Kier molecular flexibility index (Phi) is 8.51. The zero-order valence-electron chi connectivity index (χ0n) is 26.1. The first-order chi connectivity index (χ1) is 22.3. The highest BCUT2D eigenvalue weighted by molar-refractivity contribution is 6.08. The first kappa shape index (κ1) is 30.5. The van der Waals surface area contributed by atoms with Gasteiger partial charge in [0.15, 0.2) is 5.66 Å². The number of para-hydroxylation sites is 1. The van der Waals surface area contributed by atoms with Crippen LogP contribution in [0.3, 0.4) is 0 Å². The number of nitrogens with zero attached hydrogens (tertiary/aromatic N) is 3. The van der Waals surface area contributed by atoms with Crippen molar-refractivity contribution in [3.63, 3.8) is 0 Å². The van der Waals surface area contributed by atoms with Gasteiger partial charge in [0.1, 0.15) is 11.5 Å². The van der Waals surface area contributed by atoms with Gasteiger partial charge in [-0.05, 0) is 53.9 Å². The molecule has 0 saturated heterocycles. The number of hydrogen-bond acceptors (Lipinski definition) is 6. The van der Waals surface area contributed by atoms with Crippen molar-refractivity contribution in [1.82, 2.24) is 20.2 Å². The van der Waals surface area contributed by atoms with Crippen LogP contribution in [0, 0.1) is 11.3 Å². The average Bonchev–Trinajstić information content (AvgIpc) is 3.70. The third-order valence-electron chi connectivity index (χ3n) is 8.53. The number of nitriles is 1. The first-order valence-electron chi connectivity index (χ1n) is 15.1. The lowest BCUT2D eigenvalue weighted by Crippen LogP contribution is -2.70. The molecular formula is C36H36N6O4. The number of amides is 2. The van der Waals surface area contributed by atoms with E-state index in [4.69, 9.17) is 9.47 Å². The first-order valence-corrected chi connectivity index (χ1v) is 15.1. The highest BCUT2D eigenvalue weighted by Crippen LogP contribution is 2.35. The second-order valence-electron chi connectivity index (χ2n) is 11.4. The zero-order chi connectivity index (χ0) is 32.3. The van der Waals surface area contributed by atoms with Crippen molar-refractivity contribution in [3.05, 3.63) is 102 Å². The van der Waals surface area contributed by atoms with Crippen LogP contribution in [0.4, 0.5) is 5.69 Å². The van der Waals surface area contributed by atoms with E-state index in [1.54, 1.807) is 43.5 Å². The average molecular weight is 617 g/mol. The van der Waals surface area contributed by atoms with E-state index < -0.39 is 5.66 Å². The van der Waals surface area contributed by atoms with Crippen LogP contribution in [0.2, 0.25) is 0 Å². The molecular weight excluding hydrogens is 580 g/mol. The number of methoxy groups -OCH3 is 2. The maximum Gasteiger partial charge on any atom is 0.268 e. The number of rotatable bonds is 10. The second-order valence-corrected chi connectivity index (χ2v) is 11.4. The normalized spacial score (nSPS) is 14.5. The molecule has 10 heteroatoms. The molecule has 0 spiro atoms. The highest BCUT2D eigenvalue weighted by atomic mass is 16.5. The molecule has 6 rings (SSSR count). The number of hydrogen-bond donors (Lipinski definition) is 3. The fraction of sp³-hybridized carbons (Fsp3) is 0.250. The summed E-state index contributed by atoms with van der Waals surface area (Å²) < 4.78 is 11.1. The summed E-state index contributed by atoms with van der Waals surface area (Å²) in [5, 5.41) is 14.6. The van der Waals surface area contributed by atoms with Gasteiger partial charge in [0.05, 0.1) is 38.1 Å². The van der Waals surface area contributed by atoms with Crippen LogP contribution >= 0.6 is 0 Å². The Hall–Kier alpha value is -5.53. The molecule has 1 aliphatic heterocycles. The van der Waals surface area contributed by atoms with Crippen LogP contribution in [0.5, 0.6) is 11.5 Å². The van der Waals surface area contributed by atoms with Gasteiger partial charge in [-0.3, -0.25) is 14.5 Å². The lowest BCUT2D eigenvalue weighted by Gasteiger charge is -2.46. The number of aromatic amines is 2. The van der Waals surface area contributed by atoms with Gasteiger partial charge in [-0.1, -0.05) is 30.4 Å². The van der Waals surface area contributed by atoms with Crippen molar-refractivity contribution in [2.45, 2.75) is 32.0 Å². The number of ether oxygens (including phenoxy) is 2. The topological polar surface area (TPSA) is 126 Å². The molecule has 5 aromatic rings. The SMILES string of the molecule is COc1cc(CN(C(=O)C(Cc2c[nH]c3ccccc23)(NC(C)=O)N2CC=CCC2)c2c[nH]c3ccc(C#N)cc23)cc(OC)c1. The van der Waals surface area contributed by atoms with Crippen LogP contribution in [-0.2, 0) is 22.6 Å². The van der Waals surface area contributed by atoms with E-state index in [0.29, 0.717) is 41.2 Å². The van der Waals surface area contributed by atoms with Gasteiger partial charge in [0.2, 0.25) is 5.91 Å². The van der Waals surface area contributed by atoms with E-state index in [9.17, 15) is 10.1 Å². The van der Waals surface area contributed by atoms with Crippen LogP contribution < -0.4 is 19.7 Å². The summed E-state index contributed by atoms with van der Waals surface area (Å²) in [5.41, 5.74) is 2.98. The number of anilines is 1. The quantitative estimate of drug-likeness (QED) is 0.180. The Morgan fingerprint density at radius 3 is 2.41 bits per heavy atom. The third-order valence-corrected chi connectivity index (χ3v) is 8.53. The van der Waals surface area contributed by atoms with E-state index in [-0.39, 0.29) is 24.8 Å². The Morgan fingerprint density at radius 2 is 1.72 bits per heavy atom. The molecule has 0 fully saturated rings. The number of carbonyl (C=O) groups is 2. The van der Waals surface area contributed by atoms with Crippen LogP contribution in [0.1, 0.15) is 30.0 Å². The van der Waals surface area contributed by atoms with E-state index in [1.807, 2.05) is 59.6 Å². The van der Waals surface area contributed by atoms with Gasteiger partial charge in [-0.25, -0.2) is 0 Å². The Bertz CT molecular complexity index is 1960. The molecule has 1 unspecified atom stereocenters. The summed E-state index contributed by atoms with van der Waals surface area (Å²) in [5.74, 6) is 0.533. The smallest absolute Gasteiger partial charge is 0.268 e. The van der Waals surface area contributed by atoms with Gasteiger partial charge in [-0.15, -0.1) is 0 Å². The molecule has 1 aliphatic rings. The molecule has 0 bridgehead atoms. The monoisotopic (exact) mass is 616 g/mol. The molecule has 0 saturated carbocycles. The standard InChI is InChI=1S/C36H36N6O4/c1-24(43)40-36(41-13-7-4-8-14-41,19-27-21-38-32-10-6-5-9-30(27)32)35(44)42(23-26-15-28(45-2)18-29(16-26)46-3)34-22-39-33-12-11-25(20-37)17-31(33)34/h4-7,9-12,15-18,21-22,38-39H,8,13-14,19,23H2,1-3H3,(H,40,43). The number of fused-ring (bicyclic) bond motifs is 2. The Balaban J connectivity index is 1.56. The maximum atomic E-state index is 15.6. The second kappa shape index (κ2) is 12.8. The van der Waals surface area contributed by atoms with Gasteiger partial charge < -0.3 is 29.7 Å². The lowest BCUT2D eigenvalue weighted by molar-refractivity contribution is -0.139. The summed E-state index contributed by atoms with van der Waals surface area (Å²) in [6, 6.07) is 21.0. The van der Waals surface area contributed by atoms with Crippen molar-refractivity contribution >= 4 is 39.3 Å². The van der Waals surface area contributed by atoms with E-state index in [0.717, 1.165) is 34.0 Å². The summed E-state index contributed by atoms with van der Waals surface area (Å²) >= 11 is 0. The van der Waals surface area contributed by atoms with Crippen LogP contribution in [0.15, 0.2) is 85.2 Å². The summed E-state index contributed by atoms with van der Waals surface area (Å²) in [6.07, 6.45) is 8.76. The summed E-state index contributed by atoms with van der Waals surface area (Å²) in [7, 11) is 3.16. The van der Waals surface area contributed by atoms with Crippen molar-refractivity contribution < 1.29 is 19.1 Å². The molecule has 1 atom stereocenters. The number of aromatic nitrogens is 2. The minimum Gasteiger partial charge on any atom is -0.497 e. The number of carbonyl (C=O) groups excluding carboxylic acids is 2. The van der Waals surface area contributed by atoms with Crippen molar-refractivity contribution in [1.29, 1.82) is 5.26 Å². The van der Waals surface area contributed by atoms with E-state index >= 15 is 4.79 Å². The molecule has 0 radical (unpaired) electrons. The minimum absolute atomic E-state index is 0.134. The number of nitrogens with one attached hydrogen (secondary N) is 3. The van der Waals surface area contributed by atoms with Crippen molar-refractivity contribution in [2.24, 2.45) is 0 Å². The molecule has 0 aliphatic carbocycles. The zero-order valence-corrected chi connectivity index (χ0v) is 26.1. The van der Waals surface area contributed by atoms with Gasteiger partial charge in [0.25, 0.3) is 5.91 Å². The largest absolute Gasteiger partial charge is 0.497 e. The molecule has 234 valence electrons. The lowest BCUT2D eigenvalue weighted by atomic mass is 9.93. The fourth-order valence-corrected chi connectivity index (χ4v) is 6.36. The molecule has 3 aromatic carbocycles. The molecule has 3 heterocycles. The van der Waals surface area contributed by atoms with E-state index in [2.05, 4.69) is 27.4 Å². The predicted molar refractivity (Wildman–Crippen MR) is 178 cm³/mol.